The molecule has 0 heterocycles. The second-order valence-corrected chi connectivity index (χ2v) is 7.52. The Bertz CT molecular complexity index is 537. The number of nitrogens with two attached hydrogens (primary N) is 1. The van der Waals surface area contributed by atoms with Gasteiger partial charge in [0.15, 0.2) is 0 Å². The van der Waals surface area contributed by atoms with E-state index in [-0.39, 0.29) is 11.8 Å². The summed E-state index contributed by atoms with van der Waals surface area (Å²) in [5.74, 6) is 0.420. The second-order valence-electron chi connectivity index (χ2n) is 5.76. The Morgan fingerprint density at radius 1 is 1.25 bits per heavy atom. The van der Waals surface area contributed by atoms with E-state index >= 15 is 0 Å². The first kappa shape index (κ1) is 15.3. The Morgan fingerprint density at radius 2 is 1.90 bits per heavy atom. The van der Waals surface area contributed by atoms with Crippen molar-refractivity contribution in [2.24, 2.45) is 5.92 Å². The quantitative estimate of drug-likeness (QED) is 0.821. The Morgan fingerprint density at radius 3 is 2.55 bits per heavy atom. The van der Waals surface area contributed by atoms with Gasteiger partial charge in [0.25, 0.3) is 0 Å². The third-order valence-corrected chi connectivity index (χ3v) is 5.54. The molecule has 1 atom stereocenters. The molecule has 0 spiro atoms. The molecule has 5 heteroatoms. The van der Waals surface area contributed by atoms with Crippen LogP contribution in [0.3, 0.4) is 0 Å². The Hall–Kier alpha value is -1.07. The van der Waals surface area contributed by atoms with Crippen molar-refractivity contribution in [3.8, 4) is 0 Å². The first-order valence-electron chi connectivity index (χ1n) is 7.31. The third-order valence-electron chi connectivity index (χ3n) is 4.12. The van der Waals surface area contributed by atoms with Gasteiger partial charge in [-0.05, 0) is 37.3 Å². The van der Waals surface area contributed by atoms with Crippen molar-refractivity contribution in [3.63, 3.8) is 0 Å². The number of para-hydroxylation sites is 1. The molecular formula is C15H24N2O2S. The van der Waals surface area contributed by atoms with Crippen LogP contribution in [0.25, 0.3) is 0 Å². The molecule has 0 radical (unpaired) electrons. The van der Waals surface area contributed by atoms with Crippen molar-refractivity contribution in [2.75, 3.05) is 5.73 Å². The lowest BCUT2D eigenvalue weighted by Gasteiger charge is -2.28. The highest BCUT2D eigenvalue weighted by atomic mass is 32.2. The van der Waals surface area contributed by atoms with E-state index in [1.165, 1.54) is 19.3 Å². The maximum absolute atomic E-state index is 12.2. The lowest BCUT2D eigenvalue weighted by molar-refractivity contribution is 0.303. The summed E-state index contributed by atoms with van der Waals surface area (Å²) < 4.78 is 27.3. The summed E-state index contributed by atoms with van der Waals surface area (Å²) in [5, 5.41) is 0. The summed E-state index contributed by atoms with van der Waals surface area (Å²) in [6.07, 6.45) is 5.94. The maximum Gasteiger partial charge on any atom is 0.216 e. The van der Waals surface area contributed by atoms with Gasteiger partial charge in [0.05, 0.1) is 5.75 Å². The zero-order valence-corrected chi connectivity index (χ0v) is 12.8. The average Bonchev–Trinajstić information content (AvgIpc) is 2.41. The van der Waals surface area contributed by atoms with Crippen LogP contribution in [0.4, 0.5) is 5.69 Å². The molecule has 2 rings (SSSR count). The molecule has 0 aromatic heterocycles. The van der Waals surface area contributed by atoms with Crippen LogP contribution in [0.15, 0.2) is 24.3 Å². The lowest BCUT2D eigenvalue weighted by Crippen LogP contribution is -2.39. The first-order valence-corrected chi connectivity index (χ1v) is 8.96. The number of hydrogen-bond donors (Lipinski definition) is 2. The molecule has 0 bridgehead atoms. The molecule has 1 aromatic rings. The normalized spacial score (nSPS) is 18.9. The Balaban J connectivity index is 1.98. The Labute approximate surface area is 121 Å². The Kier molecular flexibility index (Phi) is 5.05. The third kappa shape index (κ3) is 4.21. The highest BCUT2D eigenvalue weighted by Gasteiger charge is 2.24. The number of anilines is 1. The fourth-order valence-electron chi connectivity index (χ4n) is 2.93. The van der Waals surface area contributed by atoms with Crippen LogP contribution in [0.2, 0.25) is 0 Å². The maximum atomic E-state index is 12.2. The minimum absolute atomic E-state index is 0.00485. The summed E-state index contributed by atoms with van der Waals surface area (Å²) >= 11 is 0. The van der Waals surface area contributed by atoms with Crippen molar-refractivity contribution in [1.82, 2.24) is 4.72 Å². The number of nitrogen functional groups attached to an aromatic ring is 1. The SMILES string of the molecule is CC(NS(=O)(=O)Cc1ccccc1N)C1CCCCC1. The van der Waals surface area contributed by atoms with Crippen LogP contribution < -0.4 is 10.5 Å². The van der Waals surface area contributed by atoms with Crippen LogP contribution in [0.1, 0.15) is 44.6 Å². The summed E-state index contributed by atoms with van der Waals surface area (Å²) in [6.45, 7) is 1.97. The van der Waals surface area contributed by atoms with E-state index in [1.807, 2.05) is 19.1 Å². The number of nitrogens with one attached hydrogen (secondary N) is 1. The summed E-state index contributed by atoms with van der Waals surface area (Å²) in [4.78, 5) is 0. The van der Waals surface area contributed by atoms with Crippen molar-refractivity contribution in [2.45, 2.75) is 50.8 Å². The molecule has 1 aromatic carbocycles. The van der Waals surface area contributed by atoms with Crippen LogP contribution in [0.5, 0.6) is 0 Å². The minimum atomic E-state index is -3.34. The fraction of sp³-hybridized carbons (Fsp3) is 0.600. The number of rotatable bonds is 5. The molecule has 1 saturated carbocycles. The van der Waals surface area contributed by atoms with Crippen molar-refractivity contribution in [1.29, 1.82) is 0 Å². The van der Waals surface area contributed by atoms with Gasteiger partial charge in [0.2, 0.25) is 10.0 Å². The molecule has 0 amide bonds. The molecule has 1 fully saturated rings. The van der Waals surface area contributed by atoms with Gasteiger partial charge >= 0.3 is 0 Å². The van der Waals surface area contributed by atoms with Crippen LogP contribution in [-0.2, 0) is 15.8 Å². The molecule has 1 aliphatic rings. The largest absolute Gasteiger partial charge is 0.398 e. The molecule has 1 aliphatic carbocycles. The molecule has 3 N–H and O–H groups in total. The number of hydrogen-bond acceptors (Lipinski definition) is 3. The molecule has 0 aliphatic heterocycles. The van der Waals surface area contributed by atoms with E-state index in [0.29, 0.717) is 17.2 Å². The van der Waals surface area contributed by atoms with Gasteiger partial charge in [0, 0.05) is 11.7 Å². The van der Waals surface area contributed by atoms with Crippen molar-refractivity contribution in [3.05, 3.63) is 29.8 Å². The van der Waals surface area contributed by atoms with Gasteiger partial charge in [-0.15, -0.1) is 0 Å². The smallest absolute Gasteiger partial charge is 0.216 e. The zero-order chi connectivity index (χ0) is 14.6. The van der Waals surface area contributed by atoms with E-state index in [1.54, 1.807) is 12.1 Å². The first-order chi connectivity index (χ1) is 9.48. The number of sulfonamides is 1. The lowest BCUT2D eigenvalue weighted by atomic mass is 9.85. The van der Waals surface area contributed by atoms with Gasteiger partial charge in [-0.2, -0.15) is 0 Å². The zero-order valence-electron chi connectivity index (χ0n) is 12.0. The van der Waals surface area contributed by atoms with E-state index in [9.17, 15) is 8.42 Å². The molecule has 1 unspecified atom stereocenters. The van der Waals surface area contributed by atoms with Gasteiger partial charge in [-0.25, -0.2) is 13.1 Å². The van der Waals surface area contributed by atoms with E-state index in [0.717, 1.165) is 12.8 Å². The average molecular weight is 296 g/mol. The molecule has 0 saturated heterocycles. The monoisotopic (exact) mass is 296 g/mol. The van der Waals surface area contributed by atoms with Gasteiger partial charge in [-0.1, -0.05) is 37.5 Å². The van der Waals surface area contributed by atoms with E-state index in [4.69, 9.17) is 5.73 Å². The summed E-state index contributed by atoms with van der Waals surface area (Å²) in [7, 11) is -3.34. The summed E-state index contributed by atoms with van der Waals surface area (Å²) in [5.41, 5.74) is 7.00. The van der Waals surface area contributed by atoms with Crippen LogP contribution >= 0.6 is 0 Å². The standard InChI is InChI=1S/C15H24N2O2S/c1-12(13-7-3-2-4-8-13)17-20(18,19)11-14-9-5-6-10-15(14)16/h5-6,9-10,12-13,17H,2-4,7-8,11,16H2,1H3. The van der Waals surface area contributed by atoms with Crippen LogP contribution in [-0.4, -0.2) is 14.5 Å². The molecule has 112 valence electrons. The second kappa shape index (κ2) is 6.59. The highest BCUT2D eigenvalue weighted by Crippen LogP contribution is 2.27. The van der Waals surface area contributed by atoms with Gasteiger partial charge in [0.1, 0.15) is 0 Å². The predicted molar refractivity (Wildman–Crippen MR) is 82.7 cm³/mol. The number of benzene rings is 1. The fourth-order valence-corrected chi connectivity index (χ4v) is 4.44. The molecule has 20 heavy (non-hydrogen) atoms. The van der Waals surface area contributed by atoms with Crippen LogP contribution in [0, 0.1) is 5.92 Å². The molecular weight excluding hydrogens is 272 g/mol. The van der Waals surface area contributed by atoms with Crippen molar-refractivity contribution >= 4 is 15.7 Å². The van der Waals surface area contributed by atoms with E-state index < -0.39 is 10.0 Å². The minimum Gasteiger partial charge on any atom is -0.398 e. The van der Waals surface area contributed by atoms with Crippen molar-refractivity contribution < 1.29 is 8.42 Å². The van der Waals surface area contributed by atoms with Gasteiger partial charge < -0.3 is 5.73 Å². The topological polar surface area (TPSA) is 72.2 Å². The highest BCUT2D eigenvalue weighted by molar-refractivity contribution is 7.88. The molecule has 4 nitrogen and oxygen atoms in total. The summed E-state index contributed by atoms with van der Waals surface area (Å²) in [6, 6.07) is 7.12. The van der Waals surface area contributed by atoms with Gasteiger partial charge in [-0.3, -0.25) is 0 Å². The van der Waals surface area contributed by atoms with E-state index in [2.05, 4.69) is 4.72 Å². The predicted octanol–water partition coefficient (Wildman–Crippen LogP) is 2.66.